The topological polar surface area (TPSA) is 65.6 Å². The molecule has 3 heterocycles. The van der Waals surface area contributed by atoms with E-state index in [1.165, 1.54) is 29.5 Å². The highest BCUT2D eigenvalue weighted by Crippen LogP contribution is 2.35. The van der Waals surface area contributed by atoms with E-state index in [1.807, 2.05) is 24.0 Å². The van der Waals surface area contributed by atoms with Gasteiger partial charge in [-0.15, -0.1) is 0 Å². The Labute approximate surface area is 164 Å². The molecule has 6 nitrogen and oxygen atoms in total. The number of amides is 2. The molecule has 2 aromatic rings. The summed E-state index contributed by atoms with van der Waals surface area (Å²) >= 11 is 0. The first kappa shape index (κ1) is 17.6. The number of aromatic nitrogens is 1. The molecule has 2 saturated heterocycles. The zero-order valence-corrected chi connectivity index (χ0v) is 16.4. The summed E-state index contributed by atoms with van der Waals surface area (Å²) in [4.78, 5) is 32.5. The zero-order chi connectivity index (χ0) is 19.3. The quantitative estimate of drug-likeness (QED) is 0.866. The lowest BCUT2D eigenvalue weighted by atomic mass is 9.91. The lowest BCUT2D eigenvalue weighted by Crippen LogP contribution is -2.48. The number of aryl methyl sites for hydroxylation is 2. The van der Waals surface area contributed by atoms with Gasteiger partial charge in [-0.25, -0.2) is 4.79 Å². The Morgan fingerprint density at radius 3 is 2.75 bits per heavy atom. The number of H-pyrrole nitrogens is 1. The number of ether oxygens (including phenoxy) is 1. The van der Waals surface area contributed by atoms with Gasteiger partial charge in [-0.1, -0.05) is 12.1 Å². The first-order valence-electron chi connectivity index (χ1n) is 10.5. The van der Waals surface area contributed by atoms with Crippen molar-refractivity contribution in [3.63, 3.8) is 0 Å². The van der Waals surface area contributed by atoms with Crippen LogP contribution in [-0.2, 0) is 17.6 Å². The Balaban J connectivity index is 1.37. The van der Waals surface area contributed by atoms with E-state index < -0.39 is 5.60 Å². The average Bonchev–Trinajstić information content (AvgIpc) is 3.25. The molecule has 1 aromatic heterocycles. The van der Waals surface area contributed by atoms with Crippen LogP contribution in [0.1, 0.15) is 54.2 Å². The number of carbonyl (C=O) groups excluding carboxylic acids is 2. The van der Waals surface area contributed by atoms with Crippen molar-refractivity contribution < 1.29 is 14.3 Å². The van der Waals surface area contributed by atoms with E-state index in [1.54, 1.807) is 4.90 Å². The summed E-state index contributed by atoms with van der Waals surface area (Å²) in [5, 5.41) is 1.21. The monoisotopic (exact) mass is 381 g/mol. The number of nitrogens with one attached hydrogen (secondary N) is 1. The third-order valence-electron chi connectivity index (χ3n) is 6.75. The van der Waals surface area contributed by atoms with Crippen LogP contribution in [0.15, 0.2) is 18.2 Å². The molecule has 0 saturated carbocycles. The molecule has 0 bridgehead atoms. The average molecular weight is 381 g/mol. The van der Waals surface area contributed by atoms with E-state index in [0.29, 0.717) is 39.0 Å². The predicted octanol–water partition coefficient (Wildman–Crippen LogP) is 3.49. The third kappa shape index (κ3) is 2.69. The summed E-state index contributed by atoms with van der Waals surface area (Å²) in [6, 6.07) is 6.07. The number of rotatable bonds is 2. The van der Waals surface area contributed by atoms with E-state index >= 15 is 0 Å². The number of likely N-dealkylation sites (N-methyl/N-ethyl adjacent to an activating group) is 1. The lowest BCUT2D eigenvalue weighted by molar-refractivity contribution is 0.00320. The minimum absolute atomic E-state index is 0.0794. The number of piperidine rings is 1. The van der Waals surface area contributed by atoms with Crippen LogP contribution in [0.2, 0.25) is 0 Å². The fraction of sp³-hybridized carbons (Fsp3) is 0.545. The van der Waals surface area contributed by atoms with Crippen LogP contribution in [0.25, 0.3) is 10.9 Å². The summed E-state index contributed by atoms with van der Waals surface area (Å²) in [5.41, 5.74) is 4.04. The third-order valence-corrected chi connectivity index (χ3v) is 6.75. The first-order valence-corrected chi connectivity index (χ1v) is 10.5. The van der Waals surface area contributed by atoms with Crippen molar-refractivity contribution in [2.45, 2.75) is 51.0 Å². The van der Waals surface area contributed by atoms with Gasteiger partial charge in [0.25, 0.3) is 5.91 Å². The molecule has 0 atom stereocenters. The number of likely N-dealkylation sites (tertiary alicyclic amines) is 1. The van der Waals surface area contributed by atoms with Crippen molar-refractivity contribution >= 4 is 22.9 Å². The molecule has 1 aliphatic carbocycles. The van der Waals surface area contributed by atoms with Gasteiger partial charge < -0.3 is 19.5 Å². The molecule has 28 heavy (non-hydrogen) atoms. The summed E-state index contributed by atoms with van der Waals surface area (Å²) in [7, 11) is 0. The SMILES string of the molecule is CCN1CC2(CCN(C(=O)c3cccc4c5c([nH]c34)CCCC5)CC2)OC1=O. The van der Waals surface area contributed by atoms with Crippen LogP contribution < -0.4 is 0 Å². The number of hydrogen-bond acceptors (Lipinski definition) is 3. The van der Waals surface area contributed by atoms with Gasteiger partial charge in [0.2, 0.25) is 0 Å². The molecular formula is C22H27N3O3. The van der Waals surface area contributed by atoms with E-state index in [4.69, 9.17) is 4.74 Å². The smallest absolute Gasteiger partial charge is 0.410 e. The number of carbonyl (C=O) groups is 2. The van der Waals surface area contributed by atoms with Gasteiger partial charge in [0.1, 0.15) is 5.60 Å². The summed E-state index contributed by atoms with van der Waals surface area (Å²) in [6.07, 6.45) is 5.80. The zero-order valence-electron chi connectivity index (χ0n) is 16.4. The van der Waals surface area contributed by atoms with E-state index in [-0.39, 0.29) is 12.0 Å². The van der Waals surface area contributed by atoms with Crippen molar-refractivity contribution in [1.29, 1.82) is 0 Å². The van der Waals surface area contributed by atoms with Crippen LogP contribution in [0.4, 0.5) is 4.79 Å². The van der Waals surface area contributed by atoms with Crippen molar-refractivity contribution in [2.75, 3.05) is 26.2 Å². The molecular weight excluding hydrogens is 354 g/mol. The maximum Gasteiger partial charge on any atom is 0.410 e. The van der Waals surface area contributed by atoms with Crippen molar-refractivity contribution in [1.82, 2.24) is 14.8 Å². The fourth-order valence-corrected chi connectivity index (χ4v) is 5.09. The highest BCUT2D eigenvalue weighted by atomic mass is 16.6. The Morgan fingerprint density at radius 2 is 2.00 bits per heavy atom. The van der Waals surface area contributed by atoms with Gasteiger partial charge in [0.05, 0.1) is 17.6 Å². The Hall–Kier alpha value is -2.50. The van der Waals surface area contributed by atoms with Crippen LogP contribution in [0, 0.1) is 0 Å². The Bertz CT molecular complexity index is 940. The van der Waals surface area contributed by atoms with Gasteiger partial charge in [-0.3, -0.25) is 4.79 Å². The largest absolute Gasteiger partial charge is 0.441 e. The lowest BCUT2D eigenvalue weighted by Gasteiger charge is -2.37. The maximum absolute atomic E-state index is 13.3. The van der Waals surface area contributed by atoms with Crippen LogP contribution in [0.5, 0.6) is 0 Å². The maximum atomic E-state index is 13.3. The predicted molar refractivity (Wildman–Crippen MR) is 107 cm³/mol. The highest BCUT2D eigenvalue weighted by molar-refractivity contribution is 6.06. The molecule has 6 heteroatoms. The minimum Gasteiger partial charge on any atom is -0.441 e. The second-order valence-corrected chi connectivity index (χ2v) is 8.37. The molecule has 2 fully saturated rings. The molecule has 1 aromatic carbocycles. The second-order valence-electron chi connectivity index (χ2n) is 8.37. The summed E-state index contributed by atoms with van der Waals surface area (Å²) in [5.74, 6) is 0.0794. The molecule has 1 N–H and O–H groups in total. The molecule has 148 valence electrons. The molecule has 0 unspecified atom stereocenters. The van der Waals surface area contributed by atoms with Crippen LogP contribution in [-0.4, -0.2) is 58.6 Å². The van der Waals surface area contributed by atoms with Gasteiger partial charge in [-0.05, 0) is 44.2 Å². The molecule has 5 rings (SSSR count). The van der Waals surface area contributed by atoms with Crippen LogP contribution in [0.3, 0.4) is 0 Å². The fourth-order valence-electron chi connectivity index (χ4n) is 5.09. The van der Waals surface area contributed by atoms with E-state index in [2.05, 4.69) is 11.1 Å². The normalized spacial score (nSPS) is 21.2. The molecule has 0 radical (unpaired) electrons. The summed E-state index contributed by atoms with van der Waals surface area (Å²) < 4.78 is 5.70. The number of nitrogens with zero attached hydrogens (tertiary/aromatic N) is 2. The minimum atomic E-state index is -0.415. The van der Waals surface area contributed by atoms with Gasteiger partial charge in [0.15, 0.2) is 0 Å². The van der Waals surface area contributed by atoms with Crippen molar-refractivity contribution in [3.05, 3.63) is 35.0 Å². The number of para-hydroxylation sites is 1. The van der Waals surface area contributed by atoms with Crippen LogP contribution >= 0.6 is 0 Å². The molecule has 2 aliphatic heterocycles. The van der Waals surface area contributed by atoms with Gasteiger partial charge >= 0.3 is 6.09 Å². The highest BCUT2D eigenvalue weighted by Gasteiger charge is 2.47. The summed E-state index contributed by atoms with van der Waals surface area (Å²) in [6.45, 7) is 4.53. The van der Waals surface area contributed by atoms with Gasteiger partial charge in [-0.2, -0.15) is 0 Å². The van der Waals surface area contributed by atoms with Gasteiger partial charge in [0, 0.05) is 43.6 Å². The standard InChI is InChI=1S/C22H27N3O3/c1-2-24-14-22(28-21(24)27)10-12-25(13-11-22)20(26)17-8-5-7-16-15-6-3-4-9-18(15)23-19(16)17/h5,7-8,23H,2-4,6,9-14H2,1H3. The molecule has 2 amide bonds. The van der Waals surface area contributed by atoms with E-state index in [0.717, 1.165) is 23.9 Å². The van der Waals surface area contributed by atoms with E-state index in [9.17, 15) is 9.59 Å². The number of aromatic amines is 1. The molecule has 3 aliphatic rings. The van der Waals surface area contributed by atoms with Crippen molar-refractivity contribution in [3.8, 4) is 0 Å². The number of benzene rings is 1. The Kier molecular flexibility index (Phi) is 4.11. The molecule has 1 spiro atoms. The number of hydrogen-bond donors (Lipinski definition) is 1. The first-order chi connectivity index (χ1) is 13.6. The Morgan fingerprint density at radius 1 is 1.21 bits per heavy atom. The second kappa shape index (κ2) is 6.54. The number of fused-ring (bicyclic) bond motifs is 3. The van der Waals surface area contributed by atoms with Crippen molar-refractivity contribution in [2.24, 2.45) is 0 Å².